The molecule has 1 unspecified atom stereocenters. The van der Waals surface area contributed by atoms with Gasteiger partial charge >= 0.3 is 5.97 Å². The quantitative estimate of drug-likeness (QED) is 0.870. The Hall–Kier alpha value is -1.84. The molecular formula is C14H17NO3. The number of rotatable bonds is 2. The van der Waals surface area contributed by atoms with E-state index in [0.29, 0.717) is 18.5 Å². The lowest BCUT2D eigenvalue weighted by Crippen LogP contribution is -2.50. The molecular weight excluding hydrogens is 230 g/mol. The van der Waals surface area contributed by atoms with E-state index in [1.807, 2.05) is 19.1 Å². The van der Waals surface area contributed by atoms with Gasteiger partial charge in [0.1, 0.15) is 5.54 Å². The molecule has 4 nitrogen and oxygen atoms in total. The van der Waals surface area contributed by atoms with E-state index in [1.165, 1.54) is 4.90 Å². The second-order valence-corrected chi connectivity index (χ2v) is 5.01. The van der Waals surface area contributed by atoms with Gasteiger partial charge < -0.3 is 10.0 Å². The molecule has 1 aromatic carbocycles. The summed E-state index contributed by atoms with van der Waals surface area (Å²) in [5.41, 5.74) is 0.561. The number of carboxylic acid groups (broad SMARTS) is 1. The zero-order valence-corrected chi connectivity index (χ0v) is 10.6. The van der Waals surface area contributed by atoms with Crippen molar-refractivity contribution in [3.05, 3.63) is 35.4 Å². The summed E-state index contributed by atoms with van der Waals surface area (Å²) in [7, 11) is 0. The molecule has 1 atom stereocenters. The van der Waals surface area contributed by atoms with E-state index in [9.17, 15) is 14.7 Å². The molecule has 0 bridgehead atoms. The predicted octanol–water partition coefficient (Wildman–Crippen LogP) is 2.07. The maximum atomic E-state index is 12.3. The highest BCUT2D eigenvalue weighted by Crippen LogP contribution is 2.30. The van der Waals surface area contributed by atoms with Gasteiger partial charge in [0, 0.05) is 12.1 Å². The zero-order valence-electron chi connectivity index (χ0n) is 10.6. The summed E-state index contributed by atoms with van der Waals surface area (Å²) in [6.45, 7) is 4.08. The zero-order chi connectivity index (χ0) is 13.3. The van der Waals surface area contributed by atoms with Gasteiger partial charge in [-0.25, -0.2) is 4.79 Å². The molecule has 1 aromatic rings. The normalized spacial score (nSPS) is 23.1. The molecule has 1 heterocycles. The maximum Gasteiger partial charge on any atom is 0.329 e. The van der Waals surface area contributed by atoms with E-state index in [2.05, 4.69) is 0 Å². The van der Waals surface area contributed by atoms with Gasteiger partial charge in [-0.2, -0.15) is 0 Å². The Kier molecular flexibility index (Phi) is 3.11. The van der Waals surface area contributed by atoms with Gasteiger partial charge in [0.2, 0.25) is 0 Å². The van der Waals surface area contributed by atoms with Crippen molar-refractivity contribution in [1.82, 2.24) is 4.90 Å². The third-order valence-corrected chi connectivity index (χ3v) is 3.65. The van der Waals surface area contributed by atoms with Gasteiger partial charge in [-0.1, -0.05) is 17.7 Å². The van der Waals surface area contributed by atoms with Crippen LogP contribution in [-0.2, 0) is 4.79 Å². The van der Waals surface area contributed by atoms with Crippen LogP contribution in [0.15, 0.2) is 24.3 Å². The number of nitrogens with zero attached hydrogens (tertiary/aromatic N) is 1. The van der Waals surface area contributed by atoms with E-state index >= 15 is 0 Å². The van der Waals surface area contributed by atoms with Crippen molar-refractivity contribution in [3.63, 3.8) is 0 Å². The third kappa shape index (κ3) is 1.98. The van der Waals surface area contributed by atoms with Crippen LogP contribution in [0.3, 0.4) is 0 Å². The monoisotopic (exact) mass is 247 g/mol. The summed E-state index contributed by atoms with van der Waals surface area (Å²) in [4.78, 5) is 25.1. The molecule has 1 aliphatic rings. The van der Waals surface area contributed by atoms with Gasteiger partial charge in [0.25, 0.3) is 5.91 Å². The summed E-state index contributed by atoms with van der Waals surface area (Å²) in [6, 6.07) is 7.22. The van der Waals surface area contributed by atoms with Crippen LogP contribution in [0.2, 0.25) is 0 Å². The van der Waals surface area contributed by atoms with Crippen molar-refractivity contribution < 1.29 is 14.7 Å². The SMILES string of the molecule is Cc1ccc(C(=O)N2CCCC2(C)C(=O)O)cc1. The van der Waals surface area contributed by atoms with Crippen molar-refractivity contribution in [2.24, 2.45) is 0 Å². The number of likely N-dealkylation sites (tertiary alicyclic amines) is 1. The summed E-state index contributed by atoms with van der Waals surface area (Å²) in [6.07, 6.45) is 1.25. The van der Waals surface area contributed by atoms with Crippen molar-refractivity contribution >= 4 is 11.9 Å². The number of amides is 1. The summed E-state index contributed by atoms with van der Waals surface area (Å²) in [5, 5.41) is 9.29. The van der Waals surface area contributed by atoms with Crippen molar-refractivity contribution in [2.45, 2.75) is 32.2 Å². The summed E-state index contributed by atoms with van der Waals surface area (Å²) < 4.78 is 0. The molecule has 1 aliphatic heterocycles. The van der Waals surface area contributed by atoms with E-state index in [0.717, 1.165) is 12.0 Å². The van der Waals surface area contributed by atoms with Gasteiger partial charge in [-0.3, -0.25) is 4.79 Å². The maximum absolute atomic E-state index is 12.3. The number of hydrogen-bond acceptors (Lipinski definition) is 2. The number of carbonyl (C=O) groups is 2. The summed E-state index contributed by atoms with van der Waals surface area (Å²) in [5.74, 6) is -1.13. The molecule has 0 aromatic heterocycles. The molecule has 0 spiro atoms. The largest absolute Gasteiger partial charge is 0.480 e. The van der Waals surface area contributed by atoms with Crippen LogP contribution in [0.4, 0.5) is 0 Å². The van der Waals surface area contributed by atoms with Crippen LogP contribution in [0.1, 0.15) is 35.7 Å². The minimum atomic E-state index is -1.07. The highest BCUT2D eigenvalue weighted by atomic mass is 16.4. The first kappa shape index (κ1) is 12.6. The highest BCUT2D eigenvalue weighted by Gasteiger charge is 2.45. The van der Waals surface area contributed by atoms with Crippen molar-refractivity contribution in [3.8, 4) is 0 Å². The average Bonchev–Trinajstić information content (AvgIpc) is 2.73. The number of benzene rings is 1. The predicted molar refractivity (Wildman–Crippen MR) is 67.5 cm³/mol. The number of aryl methyl sites for hydroxylation is 1. The van der Waals surface area contributed by atoms with Crippen LogP contribution in [0.5, 0.6) is 0 Å². The van der Waals surface area contributed by atoms with Crippen LogP contribution in [-0.4, -0.2) is 34.0 Å². The standard InChI is InChI=1S/C14H17NO3/c1-10-4-6-11(7-5-10)12(16)15-9-3-8-14(15,2)13(17)18/h4-7H,3,8-9H2,1-2H3,(H,17,18). The minimum absolute atomic E-state index is 0.197. The van der Waals surface area contributed by atoms with Crippen LogP contribution in [0.25, 0.3) is 0 Å². The van der Waals surface area contributed by atoms with E-state index < -0.39 is 11.5 Å². The first-order chi connectivity index (χ1) is 8.45. The average molecular weight is 247 g/mol. The highest BCUT2D eigenvalue weighted by molar-refractivity contribution is 5.98. The Labute approximate surface area is 106 Å². The molecule has 1 saturated heterocycles. The molecule has 96 valence electrons. The first-order valence-electron chi connectivity index (χ1n) is 6.07. The molecule has 2 rings (SSSR count). The molecule has 1 N–H and O–H groups in total. The van der Waals surface area contributed by atoms with Crippen LogP contribution >= 0.6 is 0 Å². The van der Waals surface area contributed by atoms with Gasteiger partial charge in [0.05, 0.1) is 0 Å². The molecule has 0 aliphatic carbocycles. The first-order valence-corrected chi connectivity index (χ1v) is 6.07. The van der Waals surface area contributed by atoms with Gasteiger partial charge in [-0.15, -0.1) is 0 Å². The second kappa shape index (κ2) is 4.44. The molecule has 1 fully saturated rings. The van der Waals surface area contributed by atoms with Crippen molar-refractivity contribution in [2.75, 3.05) is 6.54 Å². The fraction of sp³-hybridized carbons (Fsp3) is 0.429. The van der Waals surface area contributed by atoms with E-state index in [1.54, 1.807) is 19.1 Å². The number of hydrogen-bond donors (Lipinski definition) is 1. The Morgan fingerprint density at radius 3 is 2.44 bits per heavy atom. The Bertz CT molecular complexity index is 480. The third-order valence-electron chi connectivity index (χ3n) is 3.65. The van der Waals surface area contributed by atoms with Crippen molar-refractivity contribution in [1.29, 1.82) is 0 Å². The molecule has 0 radical (unpaired) electrons. The number of aliphatic carboxylic acids is 1. The molecule has 0 saturated carbocycles. The van der Waals surface area contributed by atoms with Crippen LogP contribution in [0, 0.1) is 6.92 Å². The van der Waals surface area contributed by atoms with Crippen LogP contribution < -0.4 is 0 Å². The summed E-state index contributed by atoms with van der Waals surface area (Å²) >= 11 is 0. The fourth-order valence-corrected chi connectivity index (χ4v) is 2.36. The smallest absolute Gasteiger partial charge is 0.329 e. The molecule has 4 heteroatoms. The molecule has 1 amide bonds. The Morgan fingerprint density at radius 2 is 1.89 bits per heavy atom. The lowest BCUT2D eigenvalue weighted by atomic mass is 9.98. The Balaban J connectivity index is 2.28. The lowest BCUT2D eigenvalue weighted by molar-refractivity contribution is -0.147. The Morgan fingerprint density at radius 1 is 1.28 bits per heavy atom. The number of carboxylic acids is 1. The lowest BCUT2D eigenvalue weighted by Gasteiger charge is -2.31. The van der Waals surface area contributed by atoms with Gasteiger partial charge in [-0.05, 0) is 38.8 Å². The van der Waals surface area contributed by atoms with E-state index in [-0.39, 0.29) is 5.91 Å². The second-order valence-electron chi connectivity index (χ2n) is 5.01. The fourth-order valence-electron chi connectivity index (χ4n) is 2.36. The minimum Gasteiger partial charge on any atom is -0.480 e. The van der Waals surface area contributed by atoms with E-state index in [4.69, 9.17) is 0 Å². The molecule has 18 heavy (non-hydrogen) atoms. The number of carbonyl (C=O) groups excluding carboxylic acids is 1. The van der Waals surface area contributed by atoms with Gasteiger partial charge in [0.15, 0.2) is 0 Å². The topological polar surface area (TPSA) is 57.6 Å².